The van der Waals surface area contributed by atoms with Gasteiger partial charge < -0.3 is 43.2 Å². The number of aliphatic imine (C=N–C) groups is 2. The minimum atomic E-state index is -1.12. The van der Waals surface area contributed by atoms with Crippen LogP contribution in [-0.2, 0) is 32.0 Å². The molecule has 4 atom stereocenters. The van der Waals surface area contributed by atoms with Gasteiger partial charge in [0.15, 0.2) is 5.96 Å². The van der Waals surface area contributed by atoms with Crippen molar-refractivity contribution in [3.8, 4) is 5.75 Å². The number of carbonyl (C=O) groups excluding carboxylic acids is 4. The molecule has 0 radical (unpaired) electrons. The number of nitrogens with zero attached hydrogens (tertiary/aromatic N) is 3. The molecular formula is C34H53IN12O5. The molecule has 0 aliphatic heterocycles. The van der Waals surface area contributed by atoms with Crippen LogP contribution in [0, 0.1) is 6.92 Å². The molecule has 4 amide bonds. The second-order valence-corrected chi connectivity index (χ2v) is 13.0. The fourth-order valence-electron chi connectivity index (χ4n) is 5.23. The van der Waals surface area contributed by atoms with Gasteiger partial charge in [-0.25, -0.2) is 5.84 Å². The van der Waals surface area contributed by atoms with Gasteiger partial charge in [-0.05, 0) is 61.4 Å². The lowest BCUT2D eigenvalue weighted by Crippen LogP contribution is -2.57. The van der Waals surface area contributed by atoms with E-state index < -0.39 is 47.8 Å². The minimum absolute atomic E-state index is 0.0563. The molecule has 0 fully saturated rings. The first kappa shape index (κ1) is 43.5. The van der Waals surface area contributed by atoms with Crippen LogP contribution in [0.4, 0.5) is 0 Å². The van der Waals surface area contributed by atoms with Crippen LogP contribution in [0.2, 0.25) is 0 Å². The molecule has 0 aliphatic carbocycles. The summed E-state index contributed by atoms with van der Waals surface area (Å²) in [5.74, 6) is 3.99. The summed E-state index contributed by atoms with van der Waals surface area (Å²) >= 11 is 1.79. The van der Waals surface area contributed by atoms with Crippen LogP contribution in [0.1, 0.15) is 42.4 Å². The van der Waals surface area contributed by atoms with Gasteiger partial charge in [0.25, 0.3) is 0 Å². The number of hydrogen-bond acceptors (Lipinski definition) is 9. The zero-order valence-electron chi connectivity index (χ0n) is 30.1. The van der Waals surface area contributed by atoms with E-state index in [0.29, 0.717) is 55.4 Å². The Bertz CT molecular complexity index is 1530. The third-order valence-corrected chi connectivity index (χ3v) is 9.33. The third-order valence-electron chi connectivity index (χ3n) is 8.19. The van der Waals surface area contributed by atoms with E-state index >= 15 is 0 Å². The van der Waals surface area contributed by atoms with Crippen molar-refractivity contribution in [1.29, 1.82) is 0 Å². The van der Waals surface area contributed by atoms with Crippen LogP contribution < -0.4 is 49.3 Å². The highest BCUT2D eigenvalue weighted by Gasteiger charge is 2.34. The molecule has 0 unspecified atom stereocenters. The van der Waals surface area contributed by atoms with E-state index in [0.717, 1.165) is 5.56 Å². The summed E-state index contributed by atoms with van der Waals surface area (Å²) in [6.07, 6.45) is 1.61. The van der Waals surface area contributed by atoms with Crippen molar-refractivity contribution in [3.63, 3.8) is 0 Å². The van der Waals surface area contributed by atoms with Gasteiger partial charge in [0.2, 0.25) is 29.6 Å². The quantitative estimate of drug-likeness (QED) is 0.0159. The number of hydrazine groups is 1. The Labute approximate surface area is 318 Å². The van der Waals surface area contributed by atoms with Crippen molar-refractivity contribution in [2.75, 3.05) is 34.2 Å². The molecule has 52 heavy (non-hydrogen) atoms. The predicted octanol–water partition coefficient (Wildman–Crippen LogP) is -0.791. The number of guanidine groups is 2. The normalized spacial score (nSPS) is 13.9. The summed E-state index contributed by atoms with van der Waals surface area (Å²) in [6.45, 7) is 2.64. The zero-order chi connectivity index (χ0) is 38.6. The lowest BCUT2D eigenvalue weighted by atomic mass is 9.99. The van der Waals surface area contributed by atoms with Crippen LogP contribution in [0.3, 0.4) is 0 Å². The number of primary amides is 1. The Balaban J connectivity index is 2.35. The summed E-state index contributed by atoms with van der Waals surface area (Å²) in [6, 6.07) is 9.62. The summed E-state index contributed by atoms with van der Waals surface area (Å²) in [5.41, 5.74) is 16.6. The zero-order valence-corrected chi connectivity index (χ0v) is 32.3. The van der Waals surface area contributed by atoms with Gasteiger partial charge in [0, 0.05) is 47.1 Å². The molecule has 17 nitrogen and oxygen atoms in total. The highest BCUT2D eigenvalue weighted by molar-refractivity contribution is 14.1. The maximum absolute atomic E-state index is 14.2. The molecule has 0 saturated carbocycles. The minimum Gasteiger partial charge on any atom is -0.508 e. The molecule has 18 heteroatoms. The SMILES string of the molecule is C/N=C(\NC)NCCC[C@H](N)C(=O)N(I)[C@@H](Cc1ccc(O)cc1C)C(=O)N[C@@H](CCCN/C(=N\C)NN)C(=O)N[C@@H](Cc1ccccc1)C(N)=O. The number of rotatable bonds is 19. The fraction of sp³-hybridized carbons (Fsp3) is 0.471. The summed E-state index contributed by atoms with van der Waals surface area (Å²) in [7, 11) is 4.93. The van der Waals surface area contributed by atoms with Crippen molar-refractivity contribution in [2.45, 2.75) is 69.6 Å². The average molecular weight is 837 g/mol. The van der Waals surface area contributed by atoms with Gasteiger partial charge in [-0.1, -0.05) is 36.4 Å². The Morgan fingerprint density at radius 1 is 0.885 bits per heavy atom. The molecule has 0 aromatic heterocycles. The first-order valence-electron chi connectivity index (χ1n) is 16.9. The Kier molecular flexibility index (Phi) is 19.2. The molecule has 0 bridgehead atoms. The average Bonchev–Trinajstić information content (AvgIpc) is 3.13. The number of nitrogens with one attached hydrogen (secondary N) is 6. The van der Waals surface area contributed by atoms with Crippen LogP contribution >= 0.6 is 22.9 Å². The highest BCUT2D eigenvalue weighted by atomic mass is 127. The molecule has 2 aromatic rings. The highest BCUT2D eigenvalue weighted by Crippen LogP contribution is 2.22. The molecule has 0 saturated heterocycles. The molecule has 2 aromatic carbocycles. The van der Waals surface area contributed by atoms with E-state index in [1.165, 1.54) is 9.18 Å². The maximum atomic E-state index is 14.2. The molecule has 13 N–H and O–H groups in total. The molecule has 2 rings (SSSR count). The largest absolute Gasteiger partial charge is 0.508 e. The van der Waals surface area contributed by atoms with Crippen molar-refractivity contribution in [2.24, 2.45) is 27.3 Å². The molecule has 0 spiro atoms. The number of halogens is 1. The number of amides is 4. The first-order chi connectivity index (χ1) is 24.8. The molecule has 0 heterocycles. The lowest BCUT2D eigenvalue weighted by Gasteiger charge is -2.30. The summed E-state index contributed by atoms with van der Waals surface area (Å²) < 4.78 is 1.26. The topological polar surface area (TPSA) is 267 Å². The number of benzene rings is 2. The fourth-order valence-corrected chi connectivity index (χ4v) is 6.03. The second-order valence-electron chi connectivity index (χ2n) is 12.0. The van der Waals surface area contributed by atoms with Gasteiger partial charge in [-0.3, -0.25) is 37.7 Å². The van der Waals surface area contributed by atoms with E-state index in [2.05, 4.69) is 42.0 Å². The van der Waals surface area contributed by atoms with Gasteiger partial charge in [-0.15, -0.1) is 0 Å². The second kappa shape index (κ2) is 23.0. The first-order valence-corrected chi connectivity index (χ1v) is 17.8. The third kappa shape index (κ3) is 14.5. The Hall–Kier alpha value is -4.69. The number of nitrogens with two attached hydrogens (primary N) is 3. The van der Waals surface area contributed by atoms with Crippen molar-refractivity contribution in [3.05, 3.63) is 65.2 Å². The predicted molar refractivity (Wildman–Crippen MR) is 210 cm³/mol. The Morgan fingerprint density at radius 2 is 1.50 bits per heavy atom. The van der Waals surface area contributed by atoms with Gasteiger partial charge in [-0.2, -0.15) is 0 Å². The number of aryl methyl sites for hydroxylation is 1. The van der Waals surface area contributed by atoms with Crippen molar-refractivity contribution >= 4 is 58.4 Å². The molecular weight excluding hydrogens is 783 g/mol. The van der Waals surface area contributed by atoms with Gasteiger partial charge in [0.1, 0.15) is 23.9 Å². The Morgan fingerprint density at radius 3 is 2.08 bits per heavy atom. The van der Waals surface area contributed by atoms with E-state index in [4.69, 9.17) is 17.3 Å². The van der Waals surface area contributed by atoms with E-state index in [9.17, 15) is 24.3 Å². The molecule has 286 valence electrons. The van der Waals surface area contributed by atoms with Gasteiger partial charge >= 0.3 is 0 Å². The number of aromatic hydroxyl groups is 1. The standard InChI is InChI=1S/C34H53IN12O5/c1-21-18-24(48)15-14-23(21)20-28(47(35)32(52)25(36)12-8-16-42-33(39-2)40-3)31(51)44-26(13-9-17-43-34(41-4)46-38)30(50)45-27(29(37)49)19-22-10-6-5-7-11-22/h5-7,10-11,14-15,18,25-28,48H,8-9,12-13,16-17,19-20,36,38H2,1-4H3,(H2,37,49)(H,44,51)(H,45,50)(H2,39,40,42)(H2,41,43,46)/t25-,26-,27-,28-/m0/s1. The van der Waals surface area contributed by atoms with Crippen LogP contribution in [-0.4, -0.2) is 102 Å². The van der Waals surface area contributed by atoms with Crippen LogP contribution in [0.25, 0.3) is 0 Å². The van der Waals surface area contributed by atoms with E-state index in [-0.39, 0.29) is 25.0 Å². The number of phenols is 1. The summed E-state index contributed by atoms with van der Waals surface area (Å²) in [4.78, 5) is 62.1. The monoisotopic (exact) mass is 836 g/mol. The number of hydrogen-bond donors (Lipinski definition) is 10. The maximum Gasteiger partial charge on any atom is 0.248 e. The van der Waals surface area contributed by atoms with E-state index in [1.54, 1.807) is 63.1 Å². The number of carbonyl (C=O) groups is 4. The van der Waals surface area contributed by atoms with E-state index in [1.807, 2.05) is 30.3 Å². The molecule has 0 aliphatic rings. The number of phenolic OH excluding ortho intramolecular Hbond substituents is 1. The van der Waals surface area contributed by atoms with Crippen LogP contribution in [0.5, 0.6) is 5.75 Å². The smallest absolute Gasteiger partial charge is 0.248 e. The van der Waals surface area contributed by atoms with Crippen molar-refractivity contribution in [1.82, 2.24) is 35.1 Å². The lowest BCUT2D eigenvalue weighted by molar-refractivity contribution is -0.136. The van der Waals surface area contributed by atoms with Crippen LogP contribution in [0.15, 0.2) is 58.5 Å². The van der Waals surface area contributed by atoms with Gasteiger partial charge in [0.05, 0.1) is 28.9 Å². The van der Waals surface area contributed by atoms with Crippen molar-refractivity contribution < 1.29 is 24.3 Å². The summed E-state index contributed by atoms with van der Waals surface area (Å²) in [5, 5.41) is 24.6.